The van der Waals surface area contributed by atoms with Crippen molar-refractivity contribution in [3.05, 3.63) is 76.2 Å². The van der Waals surface area contributed by atoms with Crippen molar-refractivity contribution >= 4 is 11.8 Å². The number of likely N-dealkylation sites (N-methyl/N-ethyl adjacent to an activating group) is 1. The third-order valence-electron chi connectivity index (χ3n) is 6.19. The molecule has 2 amide bonds. The summed E-state index contributed by atoms with van der Waals surface area (Å²) in [4.78, 5) is 31.0. The number of hydrogen-bond donors (Lipinski definition) is 1. The third-order valence-corrected chi connectivity index (χ3v) is 6.19. The summed E-state index contributed by atoms with van der Waals surface area (Å²) >= 11 is 0. The van der Waals surface area contributed by atoms with E-state index in [0.29, 0.717) is 47.7 Å². The minimum absolute atomic E-state index is 0.0553. The van der Waals surface area contributed by atoms with Crippen LogP contribution in [-0.4, -0.2) is 45.0 Å². The van der Waals surface area contributed by atoms with Gasteiger partial charge in [-0.15, -0.1) is 0 Å². The van der Waals surface area contributed by atoms with Gasteiger partial charge in [0, 0.05) is 19.5 Å². The van der Waals surface area contributed by atoms with Crippen LogP contribution in [0.2, 0.25) is 0 Å². The monoisotopic (exact) mass is 449 g/mol. The van der Waals surface area contributed by atoms with Gasteiger partial charge in [0.25, 0.3) is 5.91 Å². The highest BCUT2D eigenvalue weighted by molar-refractivity contribution is 5.99. The van der Waals surface area contributed by atoms with Gasteiger partial charge in [-0.2, -0.15) is 10.2 Å². The number of aromatic nitrogens is 3. The van der Waals surface area contributed by atoms with E-state index in [9.17, 15) is 18.4 Å². The summed E-state index contributed by atoms with van der Waals surface area (Å²) in [6, 6.07) is 8.71. The molecule has 4 heterocycles. The molecule has 3 aromatic rings. The lowest BCUT2D eigenvalue weighted by Gasteiger charge is -2.13. The number of pyridine rings is 1. The molecule has 0 radical (unpaired) electrons. The average Bonchev–Trinajstić information content (AvgIpc) is 3.36. The van der Waals surface area contributed by atoms with Gasteiger partial charge < -0.3 is 10.2 Å². The molecule has 0 aliphatic carbocycles. The van der Waals surface area contributed by atoms with Gasteiger partial charge in [-0.05, 0) is 49.2 Å². The maximum absolute atomic E-state index is 14.4. The fourth-order valence-corrected chi connectivity index (χ4v) is 4.50. The van der Waals surface area contributed by atoms with E-state index in [-0.39, 0.29) is 42.0 Å². The number of amides is 2. The molecule has 9 heteroatoms. The third kappa shape index (κ3) is 3.73. The van der Waals surface area contributed by atoms with Crippen molar-refractivity contribution in [1.29, 1.82) is 0 Å². The largest absolute Gasteiger partial charge is 0.346 e. The Balaban J connectivity index is 1.48. The molecule has 7 nitrogen and oxygen atoms in total. The van der Waals surface area contributed by atoms with Crippen LogP contribution in [0, 0.1) is 11.6 Å². The number of rotatable bonds is 5. The zero-order valence-corrected chi connectivity index (χ0v) is 17.9. The number of carbonyl (C=O) groups excluding carboxylic acids is 2. The Labute approximate surface area is 188 Å². The molecule has 0 unspecified atom stereocenters. The SMILES string of the molecule is CCN1CC[C@H](c2ccc(Cc3cc(-c4c(F)cccc4F)nc4c3C(=O)NC4)nn2)C1=O. The van der Waals surface area contributed by atoms with Gasteiger partial charge in [0.05, 0.1) is 46.4 Å². The van der Waals surface area contributed by atoms with Gasteiger partial charge in [0.15, 0.2) is 0 Å². The number of halogens is 2. The first-order valence-corrected chi connectivity index (χ1v) is 10.8. The van der Waals surface area contributed by atoms with Gasteiger partial charge in [-0.25, -0.2) is 13.8 Å². The summed E-state index contributed by atoms with van der Waals surface area (Å²) in [7, 11) is 0. The van der Waals surface area contributed by atoms with Gasteiger partial charge in [-0.1, -0.05) is 6.07 Å². The minimum Gasteiger partial charge on any atom is -0.346 e. The maximum atomic E-state index is 14.4. The zero-order chi connectivity index (χ0) is 23.1. The first kappa shape index (κ1) is 21.1. The molecule has 2 aliphatic heterocycles. The second-order valence-electron chi connectivity index (χ2n) is 8.15. The first-order chi connectivity index (χ1) is 16.0. The van der Waals surface area contributed by atoms with Crippen LogP contribution in [0.1, 0.15) is 52.3 Å². The van der Waals surface area contributed by atoms with Gasteiger partial charge in [0.2, 0.25) is 5.91 Å². The molecule has 5 rings (SSSR count). The molecule has 1 atom stereocenters. The highest BCUT2D eigenvalue weighted by Crippen LogP contribution is 2.31. The molecule has 1 N–H and O–H groups in total. The van der Waals surface area contributed by atoms with Crippen molar-refractivity contribution in [3.63, 3.8) is 0 Å². The Morgan fingerprint density at radius 1 is 1.09 bits per heavy atom. The average molecular weight is 449 g/mol. The minimum atomic E-state index is -0.725. The van der Waals surface area contributed by atoms with Crippen molar-refractivity contribution in [2.24, 2.45) is 0 Å². The maximum Gasteiger partial charge on any atom is 0.253 e. The second kappa shape index (κ2) is 8.31. The molecule has 2 aromatic heterocycles. The van der Waals surface area contributed by atoms with Crippen LogP contribution in [0.4, 0.5) is 8.78 Å². The second-order valence-corrected chi connectivity index (χ2v) is 8.15. The molecule has 0 saturated carbocycles. The van der Waals surface area contributed by atoms with E-state index in [1.807, 2.05) is 6.92 Å². The quantitative estimate of drug-likeness (QED) is 0.647. The summed E-state index contributed by atoms with van der Waals surface area (Å²) in [6.45, 7) is 3.51. The number of likely N-dealkylation sites (tertiary alicyclic amines) is 1. The highest BCUT2D eigenvalue weighted by Gasteiger charge is 2.33. The van der Waals surface area contributed by atoms with E-state index in [0.717, 1.165) is 0 Å². The lowest BCUT2D eigenvalue weighted by molar-refractivity contribution is -0.128. The van der Waals surface area contributed by atoms with Crippen LogP contribution in [0.3, 0.4) is 0 Å². The molecule has 1 fully saturated rings. The number of fused-ring (bicyclic) bond motifs is 1. The van der Waals surface area contributed by atoms with Crippen LogP contribution in [-0.2, 0) is 17.8 Å². The smallest absolute Gasteiger partial charge is 0.253 e. The number of carbonyl (C=O) groups is 2. The van der Waals surface area contributed by atoms with Crippen LogP contribution in [0.25, 0.3) is 11.3 Å². The van der Waals surface area contributed by atoms with E-state index in [4.69, 9.17) is 0 Å². The summed E-state index contributed by atoms with van der Waals surface area (Å²) in [5.74, 6) is -1.97. The molecule has 2 aliphatic rings. The number of hydrogen-bond acceptors (Lipinski definition) is 5. The zero-order valence-electron chi connectivity index (χ0n) is 17.9. The fourth-order valence-electron chi connectivity index (χ4n) is 4.50. The van der Waals surface area contributed by atoms with E-state index < -0.39 is 11.6 Å². The van der Waals surface area contributed by atoms with Crippen LogP contribution < -0.4 is 5.32 Å². The van der Waals surface area contributed by atoms with Crippen molar-refractivity contribution in [1.82, 2.24) is 25.4 Å². The van der Waals surface area contributed by atoms with Crippen molar-refractivity contribution in [3.8, 4) is 11.3 Å². The predicted molar refractivity (Wildman–Crippen MR) is 115 cm³/mol. The summed E-state index contributed by atoms with van der Waals surface area (Å²) in [6.07, 6.45) is 0.935. The lowest BCUT2D eigenvalue weighted by atomic mass is 9.98. The van der Waals surface area contributed by atoms with Gasteiger partial charge >= 0.3 is 0 Å². The molecular weight excluding hydrogens is 428 g/mol. The summed E-state index contributed by atoms with van der Waals surface area (Å²) in [5, 5.41) is 11.2. The van der Waals surface area contributed by atoms with E-state index in [1.165, 1.54) is 24.3 Å². The number of nitrogens with one attached hydrogen (secondary N) is 1. The van der Waals surface area contributed by atoms with Crippen molar-refractivity contribution in [2.45, 2.75) is 32.2 Å². The van der Waals surface area contributed by atoms with E-state index in [2.05, 4.69) is 20.5 Å². The molecule has 168 valence electrons. The Kier molecular flexibility index (Phi) is 5.32. The molecule has 0 spiro atoms. The number of benzene rings is 1. The lowest BCUT2D eigenvalue weighted by Crippen LogP contribution is -2.26. The number of nitrogens with zero attached hydrogens (tertiary/aromatic N) is 4. The van der Waals surface area contributed by atoms with E-state index in [1.54, 1.807) is 17.0 Å². The van der Waals surface area contributed by atoms with Crippen molar-refractivity contribution < 1.29 is 18.4 Å². The van der Waals surface area contributed by atoms with Gasteiger partial charge in [0.1, 0.15) is 11.6 Å². The topological polar surface area (TPSA) is 88.1 Å². The predicted octanol–water partition coefficient (Wildman–Crippen LogP) is 2.99. The first-order valence-electron chi connectivity index (χ1n) is 10.8. The Morgan fingerprint density at radius 3 is 2.55 bits per heavy atom. The van der Waals surface area contributed by atoms with E-state index >= 15 is 0 Å². The summed E-state index contributed by atoms with van der Waals surface area (Å²) < 4.78 is 28.8. The normalized spacial score (nSPS) is 17.4. The van der Waals surface area contributed by atoms with Gasteiger partial charge in [-0.3, -0.25) is 9.59 Å². The van der Waals surface area contributed by atoms with Crippen LogP contribution in [0.15, 0.2) is 36.4 Å². The molecule has 33 heavy (non-hydrogen) atoms. The fraction of sp³-hybridized carbons (Fsp3) is 0.292. The highest BCUT2D eigenvalue weighted by atomic mass is 19.1. The summed E-state index contributed by atoms with van der Waals surface area (Å²) in [5.41, 5.74) is 2.47. The van der Waals surface area contributed by atoms with Crippen LogP contribution in [0.5, 0.6) is 0 Å². The molecule has 1 aromatic carbocycles. The van der Waals surface area contributed by atoms with Crippen LogP contribution >= 0.6 is 0 Å². The molecule has 0 bridgehead atoms. The Hall–Kier alpha value is -3.75. The molecule has 1 saturated heterocycles. The standard InChI is InChI=1S/C24H21F2N5O2/c1-2-31-9-8-15(24(31)33)18-7-6-14(29-30-18)10-13-11-19(22-16(25)4-3-5-17(22)26)28-20-12-27-23(32)21(13)20/h3-7,11,15H,2,8-10,12H2,1H3,(H,27,32)/t15-/m1/s1. The van der Waals surface area contributed by atoms with Crippen molar-refractivity contribution in [2.75, 3.05) is 13.1 Å². The Morgan fingerprint density at radius 2 is 1.88 bits per heavy atom. The molecular formula is C24H21F2N5O2. The Bertz CT molecular complexity index is 1240.